The van der Waals surface area contributed by atoms with Crippen molar-refractivity contribution < 1.29 is 0 Å². The maximum atomic E-state index is 5.72. The summed E-state index contributed by atoms with van der Waals surface area (Å²) in [5, 5.41) is 0. The Hall–Kier alpha value is -1.71. The van der Waals surface area contributed by atoms with Gasteiger partial charge in [0.05, 0.1) is 11.7 Å². The Bertz CT molecular complexity index is 568. The summed E-state index contributed by atoms with van der Waals surface area (Å²) in [7, 11) is 0. The van der Waals surface area contributed by atoms with Gasteiger partial charge in [-0.15, -0.1) is 0 Å². The number of benzene rings is 1. The van der Waals surface area contributed by atoms with Crippen molar-refractivity contribution in [2.24, 2.45) is 5.84 Å². The Morgan fingerprint density at radius 2 is 1.70 bits per heavy atom. The molecule has 1 atom stereocenters. The van der Waals surface area contributed by atoms with Gasteiger partial charge in [-0.25, -0.2) is 5.43 Å². The molecular formula is C17H23N3. The zero-order chi connectivity index (χ0) is 14.8. The minimum absolute atomic E-state index is 0.0797. The summed E-state index contributed by atoms with van der Waals surface area (Å²) in [4.78, 5) is 4.55. The molecule has 0 saturated heterocycles. The number of hydrazine groups is 1. The van der Waals surface area contributed by atoms with E-state index in [0.29, 0.717) is 0 Å². The van der Waals surface area contributed by atoms with Crippen LogP contribution < -0.4 is 11.3 Å². The Morgan fingerprint density at radius 3 is 2.20 bits per heavy atom. The molecule has 0 amide bonds. The molecule has 0 saturated carbocycles. The van der Waals surface area contributed by atoms with Gasteiger partial charge in [0.25, 0.3) is 0 Å². The number of nitrogens with one attached hydrogen (secondary N) is 1. The normalized spacial score (nSPS) is 13.2. The topological polar surface area (TPSA) is 50.9 Å². The first-order valence-electron chi connectivity index (χ1n) is 6.92. The molecule has 0 aliphatic carbocycles. The molecule has 0 aliphatic rings. The lowest BCUT2D eigenvalue weighted by molar-refractivity contribution is 0.587. The molecule has 1 heterocycles. The molecule has 0 radical (unpaired) electrons. The summed E-state index contributed by atoms with van der Waals surface area (Å²) in [6.45, 7) is 8.62. The number of nitrogens with two attached hydrogens (primary N) is 1. The largest absolute Gasteiger partial charge is 0.271 e. The first-order valence-corrected chi connectivity index (χ1v) is 6.92. The van der Waals surface area contributed by atoms with E-state index >= 15 is 0 Å². The van der Waals surface area contributed by atoms with Gasteiger partial charge in [-0.05, 0) is 35.6 Å². The highest BCUT2D eigenvalue weighted by atomic mass is 15.2. The summed E-state index contributed by atoms with van der Waals surface area (Å²) in [6.07, 6.45) is 0. The average Bonchev–Trinajstić information content (AvgIpc) is 2.39. The van der Waals surface area contributed by atoms with Crippen LogP contribution in [0.4, 0.5) is 0 Å². The van der Waals surface area contributed by atoms with Crippen LogP contribution in [0.25, 0.3) is 0 Å². The smallest absolute Gasteiger partial charge is 0.0881 e. The average molecular weight is 269 g/mol. The third-order valence-electron chi connectivity index (χ3n) is 3.48. The van der Waals surface area contributed by atoms with Gasteiger partial charge in [-0.1, -0.05) is 51.1 Å². The van der Waals surface area contributed by atoms with Crippen molar-refractivity contribution in [2.45, 2.75) is 39.2 Å². The number of pyridine rings is 1. The molecule has 1 aromatic heterocycles. The number of rotatable bonds is 3. The summed E-state index contributed by atoms with van der Waals surface area (Å²) in [6, 6.07) is 14.5. The van der Waals surface area contributed by atoms with Crippen molar-refractivity contribution in [3.05, 3.63) is 65.0 Å². The molecule has 20 heavy (non-hydrogen) atoms. The van der Waals surface area contributed by atoms with Crippen LogP contribution in [0.5, 0.6) is 0 Å². The lowest BCUT2D eigenvalue weighted by Crippen LogP contribution is -2.29. The Kier molecular flexibility index (Phi) is 4.21. The summed E-state index contributed by atoms with van der Waals surface area (Å²) >= 11 is 0. The third-order valence-corrected chi connectivity index (χ3v) is 3.48. The molecule has 2 rings (SSSR count). The quantitative estimate of drug-likeness (QED) is 0.664. The van der Waals surface area contributed by atoms with Crippen molar-refractivity contribution in [1.29, 1.82) is 0 Å². The van der Waals surface area contributed by atoms with Crippen molar-refractivity contribution in [1.82, 2.24) is 10.4 Å². The van der Waals surface area contributed by atoms with Crippen molar-refractivity contribution in [2.75, 3.05) is 0 Å². The van der Waals surface area contributed by atoms with Crippen LogP contribution in [0.3, 0.4) is 0 Å². The van der Waals surface area contributed by atoms with Gasteiger partial charge >= 0.3 is 0 Å². The van der Waals surface area contributed by atoms with Crippen LogP contribution in [-0.4, -0.2) is 4.98 Å². The second-order valence-electron chi connectivity index (χ2n) is 6.18. The monoisotopic (exact) mass is 269 g/mol. The van der Waals surface area contributed by atoms with Crippen molar-refractivity contribution >= 4 is 0 Å². The van der Waals surface area contributed by atoms with Gasteiger partial charge < -0.3 is 0 Å². The molecule has 3 N–H and O–H groups in total. The van der Waals surface area contributed by atoms with Crippen molar-refractivity contribution in [3.63, 3.8) is 0 Å². The molecule has 2 aromatic rings. The minimum atomic E-state index is -0.0797. The van der Waals surface area contributed by atoms with Gasteiger partial charge in [0.2, 0.25) is 0 Å². The maximum Gasteiger partial charge on any atom is 0.0881 e. The van der Waals surface area contributed by atoms with Crippen LogP contribution in [0, 0.1) is 6.92 Å². The molecule has 1 aromatic carbocycles. The van der Waals surface area contributed by atoms with E-state index in [1.165, 1.54) is 5.56 Å². The number of hydrogen-bond acceptors (Lipinski definition) is 3. The van der Waals surface area contributed by atoms with Gasteiger partial charge in [0, 0.05) is 5.69 Å². The van der Waals surface area contributed by atoms with Crippen LogP contribution in [0.1, 0.15) is 49.3 Å². The van der Waals surface area contributed by atoms with E-state index < -0.39 is 0 Å². The van der Waals surface area contributed by atoms with Gasteiger partial charge in [0.15, 0.2) is 0 Å². The zero-order valence-corrected chi connectivity index (χ0v) is 12.6. The molecule has 0 aliphatic heterocycles. The van der Waals surface area contributed by atoms with E-state index in [-0.39, 0.29) is 11.5 Å². The van der Waals surface area contributed by atoms with Crippen LogP contribution in [0.15, 0.2) is 42.5 Å². The van der Waals surface area contributed by atoms with E-state index in [9.17, 15) is 0 Å². The molecule has 3 nitrogen and oxygen atoms in total. The second kappa shape index (κ2) is 5.73. The van der Waals surface area contributed by atoms with Crippen molar-refractivity contribution in [3.8, 4) is 0 Å². The molecule has 3 heteroatoms. The Balaban J connectivity index is 2.33. The first kappa shape index (κ1) is 14.7. The summed E-state index contributed by atoms with van der Waals surface area (Å²) in [5.74, 6) is 5.72. The number of aryl methyl sites for hydroxylation is 1. The standard InChI is InChI=1S/C17H23N3/c1-12-6-5-7-15(19-12)16(20-18)13-8-10-14(11-9-13)17(2,3)4/h5-11,16,20H,18H2,1-4H3. The van der Waals surface area contributed by atoms with E-state index in [0.717, 1.165) is 17.0 Å². The first-order chi connectivity index (χ1) is 9.41. The predicted molar refractivity (Wildman–Crippen MR) is 83.3 cm³/mol. The molecular weight excluding hydrogens is 246 g/mol. The van der Waals surface area contributed by atoms with Gasteiger partial charge in [-0.3, -0.25) is 10.8 Å². The number of nitrogens with zero attached hydrogens (tertiary/aromatic N) is 1. The molecule has 106 valence electrons. The highest BCUT2D eigenvalue weighted by Crippen LogP contribution is 2.25. The Morgan fingerprint density at radius 1 is 1.05 bits per heavy atom. The highest BCUT2D eigenvalue weighted by molar-refractivity contribution is 5.33. The zero-order valence-electron chi connectivity index (χ0n) is 12.6. The fourth-order valence-electron chi connectivity index (χ4n) is 2.25. The fraction of sp³-hybridized carbons (Fsp3) is 0.353. The number of aromatic nitrogens is 1. The minimum Gasteiger partial charge on any atom is -0.271 e. The molecule has 0 fully saturated rings. The van der Waals surface area contributed by atoms with E-state index in [1.54, 1.807) is 0 Å². The van der Waals surface area contributed by atoms with Crippen LogP contribution >= 0.6 is 0 Å². The molecule has 1 unspecified atom stereocenters. The predicted octanol–water partition coefficient (Wildman–Crippen LogP) is 3.24. The highest BCUT2D eigenvalue weighted by Gasteiger charge is 2.17. The molecule has 0 spiro atoms. The Labute approximate surface area is 121 Å². The fourth-order valence-corrected chi connectivity index (χ4v) is 2.25. The maximum absolute atomic E-state index is 5.72. The van der Waals surface area contributed by atoms with Gasteiger partial charge in [-0.2, -0.15) is 0 Å². The molecule has 0 bridgehead atoms. The van der Waals surface area contributed by atoms with E-state index in [4.69, 9.17) is 5.84 Å². The lowest BCUT2D eigenvalue weighted by atomic mass is 9.86. The second-order valence-corrected chi connectivity index (χ2v) is 6.18. The lowest BCUT2D eigenvalue weighted by Gasteiger charge is -2.21. The van der Waals surface area contributed by atoms with Gasteiger partial charge in [0.1, 0.15) is 0 Å². The van der Waals surface area contributed by atoms with E-state index in [1.807, 2.05) is 25.1 Å². The summed E-state index contributed by atoms with van der Waals surface area (Å²) < 4.78 is 0. The van der Waals surface area contributed by atoms with Crippen LogP contribution in [-0.2, 0) is 5.41 Å². The van der Waals surface area contributed by atoms with Crippen LogP contribution in [0.2, 0.25) is 0 Å². The van der Waals surface area contributed by atoms with E-state index in [2.05, 4.69) is 55.4 Å². The number of hydrogen-bond donors (Lipinski definition) is 2. The summed E-state index contributed by atoms with van der Waals surface area (Å²) in [5.41, 5.74) is 7.39. The third kappa shape index (κ3) is 3.24. The SMILES string of the molecule is Cc1cccc(C(NN)c2ccc(C(C)(C)C)cc2)n1.